The summed E-state index contributed by atoms with van der Waals surface area (Å²) in [5.41, 5.74) is 2.16. The summed E-state index contributed by atoms with van der Waals surface area (Å²) < 4.78 is 7.38. The molecule has 0 bridgehead atoms. The number of halogens is 1. The van der Waals surface area contributed by atoms with Crippen LogP contribution < -0.4 is 15.4 Å². The zero-order valence-corrected chi connectivity index (χ0v) is 19.4. The maximum atomic E-state index is 10.7. The molecule has 0 saturated heterocycles. The number of rotatable bonds is 10. The number of aliphatic imine (C=N–C) groups is 1. The van der Waals surface area contributed by atoms with Crippen LogP contribution in [0.1, 0.15) is 31.4 Å². The normalized spacial score (nSPS) is 10.9. The van der Waals surface area contributed by atoms with Crippen LogP contribution in [0.25, 0.3) is 0 Å². The first-order chi connectivity index (χ1) is 13.5. The number of hydrogen-bond acceptors (Lipinski definition) is 5. The van der Waals surface area contributed by atoms with Gasteiger partial charge in [-0.1, -0.05) is 19.1 Å². The van der Waals surface area contributed by atoms with Gasteiger partial charge < -0.3 is 15.4 Å². The molecule has 9 nitrogen and oxygen atoms in total. The maximum Gasteiger partial charge on any atom is 0.306 e. The average molecular weight is 516 g/mol. The van der Waals surface area contributed by atoms with E-state index in [9.17, 15) is 10.1 Å². The van der Waals surface area contributed by atoms with Crippen LogP contribution >= 0.6 is 24.0 Å². The fraction of sp³-hybridized carbons (Fsp3) is 0.474. The summed E-state index contributed by atoms with van der Waals surface area (Å²) in [7, 11) is 0. The Morgan fingerprint density at radius 2 is 2.14 bits per heavy atom. The van der Waals surface area contributed by atoms with Gasteiger partial charge in [-0.2, -0.15) is 5.10 Å². The molecule has 1 aromatic carbocycles. The Kier molecular flexibility index (Phi) is 11.0. The first-order valence-corrected chi connectivity index (χ1v) is 9.44. The zero-order chi connectivity index (χ0) is 20.4. The predicted molar refractivity (Wildman–Crippen MR) is 124 cm³/mol. The number of nitrogens with zero attached hydrogens (tertiary/aromatic N) is 4. The molecule has 10 heteroatoms. The number of aryl methyl sites for hydroxylation is 1. The third-order valence-electron chi connectivity index (χ3n) is 3.90. The number of aromatic nitrogens is 2. The lowest BCUT2D eigenvalue weighted by atomic mass is 10.1. The van der Waals surface area contributed by atoms with Crippen molar-refractivity contribution in [2.75, 3.05) is 19.7 Å². The lowest BCUT2D eigenvalue weighted by molar-refractivity contribution is -0.385. The average Bonchev–Trinajstić information content (AvgIpc) is 3.14. The number of hydrogen-bond donors (Lipinski definition) is 2. The summed E-state index contributed by atoms with van der Waals surface area (Å²) in [5.74, 6) is 1.54. The van der Waals surface area contributed by atoms with Crippen LogP contribution in [-0.4, -0.2) is 40.4 Å². The summed E-state index contributed by atoms with van der Waals surface area (Å²) in [6.07, 6.45) is 3.61. The van der Waals surface area contributed by atoms with Gasteiger partial charge in [0.1, 0.15) is 18.1 Å². The maximum absolute atomic E-state index is 10.7. The lowest BCUT2D eigenvalue weighted by Crippen LogP contribution is -2.38. The van der Waals surface area contributed by atoms with E-state index < -0.39 is 4.92 Å². The van der Waals surface area contributed by atoms with Crippen molar-refractivity contribution in [3.05, 3.63) is 51.8 Å². The molecule has 0 radical (unpaired) electrons. The van der Waals surface area contributed by atoms with Crippen LogP contribution in [0.2, 0.25) is 0 Å². The molecule has 0 amide bonds. The molecule has 1 aromatic heterocycles. The van der Waals surface area contributed by atoms with E-state index in [1.54, 1.807) is 0 Å². The van der Waals surface area contributed by atoms with Crippen LogP contribution in [0.15, 0.2) is 35.6 Å². The molecule has 0 unspecified atom stereocenters. The van der Waals surface area contributed by atoms with Gasteiger partial charge >= 0.3 is 5.69 Å². The van der Waals surface area contributed by atoms with Crippen LogP contribution in [0.4, 0.5) is 5.69 Å². The summed E-state index contributed by atoms with van der Waals surface area (Å²) in [4.78, 5) is 14.9. The standard InChI is InChI=1S/C19H28N6O3.HI/c1-4-10-28-18-11-15(3)6-7-16(18)12-22-19(20-5-2)21-8-9-24-14-17(13-23-24)25(26)27;/h6-7,11,13-14H,4-5,8-10,12H2,1-3H3,(H2,20,21,22);1H. The number of ether oxygens (including phenoxy) is 1. The van der Waals surface area contributed by atoms with Crippen LogP contribution in [0.5, 0.6) is 5.75 Å². The van der Waals surface area contributed by atoms with Crippen molar-refractivity contribution in [3.8, 4) is 5.75 Å². The van der Waals surface area contributed by atoms with Gasteiger partial charge in [-0.3, -0.25) is 14.8 Å². The van der Waals surface area contributed by atoms with Gasteiger partial charge in [0.2, 0.25) is 0 Å². The lowest BCUT2D eigenvalue weighted by Gasteiger charge is -2.13. The molecule has 0 fully saturated rings. The van der Waals surface area contributed by atoms with E-state index >= 15 is 0 Å². The number of guanidine groups is 1. The van der Waals surface area contributed by atoms with E-state index in [0.29, 0.717) is 32.2 Å². The quantitative estimate of drug-likeness (QED) is 0.165. The third kappa shape index (κ3) is 8.26. The van der Waals surface area contributed by atoms with Gasteiger partial charge in [0, 0.05) is 18.7 Å². The Bertz CT molecular complexity index is 809. The molecule has 0 aliphatic rings. The highest BCUT2D eigenvalue weighted by molar-refractivity contribution is 14.0. The minimum atomic E-state index is -0.456. The van der Waals surface area contributed by atoms with Gasteiger partial charge in [-0.05, 0) is 31.9 Å². The second-order valence-electron chi connectivity index (χ2n) is 6.30. The second kappa shape index (κ2) is 13.0. The molecule has 0 spiro atoms. The van der Waals surface area contributed by atoms with Crippen molar-refractivity contribution in [3.63, 3.8) is 0 Å². The van der Waals surface area contributed by atoms with Gasteiger partial charge in [-0.25, -0.2) is 4.99 Å². The molecule has 2 aromatic rings. The highest BCUT2D eigenvalue weighted by atomic mass is 127. The largest absolute Gasteiger partial charge is 0.493 e. The summed E-state index contributed by atoms with van der Waals surface area (Å²) in [6, 6.07) is 6.12. The molecule has 1 heterocycles. The Balaban J connectivity index is 0.00000420. The van der Waals surface area contributed by atoms with Crippen molar-refractivity contribution >= 4 is 35.6 Å². The van der Waals surface area contributed by atoms with E-state index in [4.69, 9.17) is 4.74 Å². The SMILES string of the molecule is CCCOc1cc(C)ccc1CN=C(NCC)NCCn1cc([N+](=O)[O-])cn1.I. The highest BCUT2D eigenvalue weighted by Gasteiger charge is 2.09. The van der Waals surface area contributed by atoms with Gasteiger partial charge in [0.05, 0.1) is 24.6 Å². The predicted octanol–water partition coefficient (Wildman–Crippen LogP) is 3.26. The topological polar surface area (TPSA) is 107 Å². The smallest absolute Gasteiger partial charge is 0.306 e. The van der Waals surface area contributed by atoms with Crippen molar-refractivity contribution in [1.82, 2.24) is 20.4 Å². The fourth-order valence-electron chi connectivity index (χ4n) is 2.50. The van der Waals surface area contributed by atoms with E-state index in [2.05, 4.69) is 33.7 Å². The van der Waals surface area contributed by atoms with Crippen LogP contribution in [0.3, 0.4) is 0 Å². The van der Waals surface area contributed by atoms with Crippen molar-refractivity contribution in [1.29, 1.82) is 0 Å². The summed E-state index contributed by atoms with van der Waals surface area (Å²) in [6.45, 7) is 9.04. The van der Waals surface area contributed by atoms with Gasteiger partial charge in [0.15, 0.2) is 5.96 Å². The van der Waals surface area contributed by atoms with Crippen molar-refractivity contribution in [2.45, 2.75) is 40.3 Å². The molecular formula is C19H29IN6O3. The highest BCUT2D eigenvalue weighted by Crippen LogP contribution is 2.21. The van der Waals surface area contributed by atoms with Gasteiger partial charge in [0.25, 0.3) is 0 Å². The molecule has 0 aliphatic heterocycles. The molecule has 0 atom stereocenters. The first-order valence-electron chi connectivity index (χ1n) is 9.44. The summed E-state index contributed by atoms with van der Waals surface area (Å²) >= 11 is 0. The molecule has 2 N–H and O–H groups in total. The Labute approximate surface area is 188 Å². The monoisotopic (exact) mass is 516 g/mol. The molecule has 0 saturated carbocycles. The molecule has 0 aliphatic carbocycles. The van der Waals surface area contributed by atoms with Crippen LogP contribution in [-0.2, 0) is 13.1 Å². The van der Waals surface area contributed by atoms with Gasteiger partial charge in [-0.15, -0.1) is 24.0 Å². The zero-order valence-electron chi connectivity index (χ0n) is 17.1. The van der Waals surface area contributed by atoms with E-state index in [1.165, 1.54) is 17.1 Å². The minimum Gasteiger partial charge on any atom is -0.493 e. The van der Waals surface area contributed by atoms with E-state index in [0.717, 1.165) is 29.8 Å². The second-order valence-corrected chi connectivity index (χ2v) is 6.30. The molecular weight excluding hydrogens is 487 g/mol. The van der Waals surface area contributed by atoms with Crippen LogP contribution in [0, 0.1) is 17.0 Å². The molecule has 160 valence electrons. The van der Waals surface area contributed by atoms with Crippen molar-refractivity contribution in [2.24, 2.45) is 4.99 Å². The minimum absolute atomic E-state index is 0. The number of nitrogens with one attached hydrogen (secondary N) is 2. The van der Waals surface area contributed by atoms with E-state index in [1.807, 2.05) is 26.0 Å². The fourth-order valence-corrected chi connectivity index (χ4v) is 2.50. The number of nitro groups is 1. The summed E-state index contributed by atoms with van der Waals surface area (Å²) in [5, 5.41) is 21.1. The van der Waals surface area contributed by atoms with E-state index in [-0.39, 0.29) is 29.7 Å². The molecule has 2 rings (SSSR count). The Hall–Kier alpha value is -2.37. The third-order valence-corrected chi connectivity index (χ3v) is 3.90. The Morgan fingerprint density at radius 3 is 2.79 bits per heavy atom. The van der Waals surface area contributed by atoms with Crippen molar-refractivity contribution < 1.29 is 9.66 Å². The Morgan fingerprint density at radius 1 is 1.34 bits per heavy atom. The number of benzene rings is 1. The molecule has 29 heavy (non-hydrogen) atoms. The first kappa shape index (κ1) is 24.7.